The van der Waals surface area contributed by atoms with Gasteiger partial charge in [0.05, 0.1) is 6.61 Å². The summed E-state index contributed by atoms with van der Waals surface area (Å²) < 4.78 is 28.0. The van der Waals surface area contributed by atoms with Gasteiger partial charge in [0.1, 0.15) is 18.8 Å². The molecule has 0 aliphatic carbocycles. The summed E-state index contributed by atoms with van der Waals surface area (Å²) in [6, 6.07) is 12.7. The molecule has 10 nitrogen and oxygen atoms in total. The van der Waals surface area contributed by atoms with E-state index in [1.165, 1.54) is 27.7 Å². The predicted molar refractivity (Wildman–Crippen MR) is 123 cm³/mol. The van der Waals surface area contributed by atoms with E-state index >= 15 is 0 Å². The third kappa shape index (κ3) is 7.24. The number of benzene rings is 2. The Morgan fingerprint density at radius 2 is 1.51 bits per heavy atom. The third-order valence-corrected chi connectivity index (χ3v) is 5.30. The van der Waals surface area contributed by atoms with Crippen LogP contribution in [0, 0.1) is 0 Å². The van der Waals surface area contributed by atoms with Crippen LogP contribution in [-0.4, -0.2) is 61.1 Å². The molecule has 5 atom stereocenters. The van der Waals surface area contributed by atoms with Crippen LogP contribution >= 0.6 is 0 Å². The predicted octanol–water partition coefficient (Wildman–Crippen LogP) is 2.01. The van der Waals surface area contributed by atoms with E-state index in [0.717, 1.165) is 16.3 Å². The number of fused-ring (bicyclic) bond motifs is 1. The van der Waals surface area contributed by atoms with Crippen LogP contribution in [0.3, 0.4) is 0 Å². The maximum absolute atomic E-state index is 12.0. The van der Waals surface area contributed by atoms with Gasteiger partial charge in [-0.25, -0.2) is 0 Å². The lowest BCUT2D eigenvalue weighted by Crippen LogP contribution is -2.66. The van der Waals surface area contributed by atoms with Crippen molar-refractivity contribution in [2.75, 3.05) is 6.61 Å². The third-order valence-electron chi connectivity index (χ3n) is 5.30. The normalized spacial score (nSPS) is 23.8. The van der Waals surface area contributed by atoms with E-state index in [2.05, 4.69) is 5.32 Å². The molecular weight excluding hydrogens is 458 g/mol. The number of hydrogen-bond donors (Lipinski definition) is 1. The van der Waals surface area contributed by atoms with Crippen LogP contribution < -0.4 is 5.32 Å². The van der Waals surface area contributed by atoms with E-state index in [1.807, 2.05) is 42.5 Å². The van der Waals surface area contributed by atoms with Crippen molar-refractivity contribution in [1.82, 2.24) is 5.32 Å². The molecule has 0 radical (unpaired) electrons. The Hall–Kier alpha value is -3.50. The molecule has 2 aromatic rings. The zero-order valence-electron chi connectivity index (χ0n) is 20.0. The van der Waals surface area contributed by atoms with Crippen molar-refractivity contribution in [2.24, 2.45) is 0 Å². The molecule has 0 saturated carbocycles. The molecule has 1 fully saturated rings. The first-order chi connectivity index (χ1) is 16.6. The molecule has 1 aliphatic rings. The van der Waals surface area contributed by atoms with Gasteiger partial charge in [-0.05, 0) is 22.4 Å². The molecule has 1 heterocycles. The van der Waals surface area contributed by atoms with E-state index in [9.17, 15) is 19.2 Å². The number of amides is 1. The molecule has 2 aromatic carbocycles. The number of carbonyl (C=O) groups excluding carboxylic acids is 4. The Bertz CT molecular complexity index is 1090. The molecule has 10 heteroatoms. The lowest BCUT2D eigenvalue weighted by Gasteiger charge is -2.44. The maximum atomic E-state index is 12.0. The number of nitrogens with one attached hydrogen (secondary N) is 1. The van der Waals surface area contributed by atoms with E-state index < -0.39 is 54.5 Å². The van der Waals surface area contributed by atoms with Crippen LogP contribution in [0.15, 0.2) is 42.5 Å². The van der Waals surface area contributed by atoms with Crippen LogP contribution in [0.25, 0.3) is 10.8 Å². The highest BCUT2D eigenvalue weighted by Gasteiger charge is 2.51. The standard InChI is InChI=1S/C25H29NO9/c1-14(27)26-22-24(34-17(4)30)23(33-16(3)29)21(13-31-15(2)28)35-25(22)32-12-18-9-10-19-7-5-6-8-20(19)11-18/h5-11,21-25H,12-13H2,1-4H3,(H,26,27)/t21-,22-,23-,24-,25-/m1/s1. The van der Waals surface area contributed by atoms with Crippen LogP contribution in [0.2, 0.25) is 0 Å². The maximum Gasteiger partial charge on any atom is 0.303 e. The molecular formula is C25H29NO9. The Morgan fingerprint density at radius 3 is 2.14 bits per heavy atom. The number of esters is 3. The Morgan fingerprint density at radius 1 is 0.857 bits per heavy atom. The second-order valence-corrected chi connectivity index (χ2v) is 8.21. The topological polar surface area (TPSA) is 126 Å². The van der Waals surface area contributed by atoms with Crippen molar-refractivity contribution in [2.45, 2.75) is 64.9 Å². The fourth-order valence-corrected chi connectivity index (χ4v) is 3.94. The highest BCUT2D eigenvalue weighted by atomic mass is 16.7. The minimum Gasteiger partial charge on any atom is -0.463 e. The number of carbonyl (C=O) groups is 4. The highest BCUT2D eigenvalue weighted by Crippen LogP contribution is 2.29. The molecule has 1 N–H and O–H groups in total. The SMILES string of the molecule is CC(=O)N[C@H]1[C@H](OCc2ccc3ccccc3c2)O[C@H](COC(C)=O)[C@@H](OC(C)=O)[C@@H]1OC(C)=O. The summed E-state index contributed by atoms with van der Waals surface area (Å²) in [4.78, 5) is 47.1. The van der Waals surface area contributed by atoms with Crippen molar-refractivity contribution < 1.29 is 42.9 Å². The Balaban J connectivity index is 1.90. The largest absolute Gasteiger partial charge is 0.463 e. The van der Waals surface area contributed by atoms with Gasteiger partial charge in [-0.3, -0.25) is 19.2 Å². The van der Waals surface area contributed by atoms with Crippen LogP contribution in [0.5, 0.6) is 0 Å². The summed E-state index contributed by atoms with van der Waals surface area (Å²) in [5.41, 5.74) is 0.844. The van der Waals surface area contributed by atoms with Crippen LogP contribution in [0.1, 0.15) is 33.3 Å². The average Bonchev–Trinajstić information content (AvgIpc) is 2.78. The summed E-state index contributed by atoms with van der Waals surface area (Å²) in [6.07, 6.45) is -4.44. The second kappa shape index (κ2) is 11.8. The minimum absolute atomic E-state index is 0.108. The van der Waals surface area contributed by atoms with Gasteiger partial charge in [-0.15, -0.1) is 0 Å². The molecule has 35 heavy (non-hydrogen) atoms. The summed E-state index contributed by atoms with van der Waals surface area (Å²) in [5, 5.41) is 4.77. The van der Waals surface area contributed by atoms with E-state index in [1.54, 1.807) is 0 Å². The molecule has 0 aromatic heterocycles. The number of rotatable bonds is 8. The first-order valence-electron chi connectivity index (χ1n) is 11.1. The minimum atomic E-state index is -1.16. The Labute approximate surface area is 202 Å². The number of hydrogen-bond acceptors (Lipinski definition) is 9. The van der Waals surface area contributed by atoms with Gasteiger partial charge >= 0.3 is 17.9 Å². The van der Waals surface area contributed by atoms with Gasteiger partial charge in [0, 0.05) is 27.7 Å². The molecule has 1 aliphatic heterocycles. The van der Waals surface area contributed by atoms with Gasteiger partial charge in [-0.1, -0.05) is 36.4 Å². The molecule has 188 valence electrons. The first kappa shape index (κ1) is 26.1. The number of ether oxygens (including phenoxy) is 5. The zero-order valence-corrected chi connectivity index (χ0v) is 20.0. The van der Waals surface area contributed by atoms with Gasteiger partial charge in [0.2, 0.25) is 5.91 Å². The van der Waals surface area contributed by atoms with E-state index in [-0.39, 0.29) is 13.2 Å². The Kier molecular flexibility index (Phi) is 8.78. The van der Waals surface area contributed by atoms with Gasteiger partial charge in [0.15, 0.2) is 18.5 Å². The van der Waals surface area contributed by atoms with Crippen LogP contribution in [0.4, 0.5) is 0 Å². The molecule has 3 rings (SSSR count). The van der Waals surface area contributed by atoms with Crippen molar-refractivity contribution >= 4 is 34.6 Å². The van der Waals surface area contributed by atoms with Crippen molar-refractivity contribution in [3.05, 3.63) is 48.0 Å². The first-order valence-corrected chi connectivity index (χ1v) is 11.1. The van der Waals surface area contributed by atoms with Crippen LogP contribution in [-0.2, 0) is 49.5 Å². The van der Waals surface area contributed by atoms with E-state index in [4.69, 9.17) is 23.7 Å². The molecule has 1 amide bonds. The molecule has 0 spiro atoms. The molecule has 0 unspecified atom stereocenters. The molecule has 1 saturated heterocycles. The van der Waals surface area contributed by atoms with Gasteiger partial charge < -0.3 is 29.0 Å². The van der Waals surface area contributed by atoms with Crippen molar-refractivity contribution in [3.63, 3.8) is 0 Å². The lowest BCUT2D eigenvalue weighted by molar-refractivity contribution is -0.280. The second-order valence-electron chi connectivity index (χ2n) is 8.21. The summed E-state index contributed by atoms with van der Waals surface area (Å²) >= 11 is 0. The van der Waals surface area contributed by atoms with E-state index in [0.29, 0.717) is 0 Å². The molecule has 0 bridgehead atoms. The fraction of sp³-hybridized carbons (Fsp3) is 0.440. The van der Waals surface area contributed by atoms with Gasteiger partial charge in [-0.2, -0.15) is 0 Å². The monoisotopic (exact) mass is 487 g/mol. The summed E-state index contributed by atoms with van der Waals surface area (Å²) in [7, 11) is 0. The quantitative estimate of drug-likeness (QED) is 0.439. The summed E-state index contributed by atoms with van der Waals surface area (Å²) in [5.74, 6) is -2.34. The average molecular weight is 488 g/mol. The zero-order chi connectivity index (χ0) is 25.5. The van der Waals surface area contributed by atoms with Crippen molar-refractivity contribution in [1.29, 1.82) is 0 Å². The van der Waals surface area contributed by atoms with Gasteiger partial charge in [0.25, 0.3) is 0 Å². The summed E-state index contributed by atoms with van der Waals surface area (Å²) in [6.45, 7) is 4.71. The lowest BCUT2D eigenvalue weighted by atomic mass is 9.96. The highest BCUT2D eigenvalue weighted by molar-refractivity contribution is 5.83. The smallest absolute Gasteiger partial charge is 0.303 e. The van der Waals surface area contributed by atoms with Crippen molar-refractivity contribution in [3.8, 4) is 0 Å². The fourth-order valence-electron chi connectivity index (χ4n) is 3.94.